The van der Waals surface area contributed by atoms with Gasteiger partial charge < -0.3 is 9.47 Å². The van der Waals surface area contributed by atoms with Crippen LogP contribution in [0.1, 0.15) is 18.1 Å². The highest BCUT2D eigenvalue weighted by Gasteiger charge is 2.05. The second-order valence-electron chi connectivity index (χ2n) is 5.79. The molecule has 3 nitrogen and oxygen atoms in total. The summed E-state index contributed by atoms with van der Waals surface area (Å²) in [4.78, 5) is 4.47. The van der Waals surface area contributed by atoms with Gasteiger partial charge >= 0.3 is 0 Å². The van der Waals surface area contributed by atoms with Crippen LogP contribution in [0.3, 0.4) is 0 Å². The van der Waals surface area contributed by atoms with Crippen molar-refractivity contribution >= 4 is 23.5 Å². The fourth-order valence-corrected chi connectivity index (χ4v) is 2.66. The SMILES string of the molecule is CCOc1ccc(N=Cc2cc(Cl)ccc2OCc2cccc(F)c2)cc1. The predicted molar refractivity (Wildman–Crippen MR) is 107 cm³/mol. The summed E-state index contributed by atoms with van der Waals surface area (Å²) in [6, 6.07) is 19.1. The number of aliphatic imine (C=N–C) groups is 1. The fraction of sp³-hybridized carbons (Fsp3) is 0.136. The molecule has 0 fully saturated rings. The zero-order chi connectivity index (χ0) is 19.1. The minimum atomic E-state index is -0.288. The lowest BCUT2D eigenvalue weighted by molar-refractivity contribution is 0.305. The highest BCUT2D eigenvalue weighted by atomic mass is 35.5. The molecule has 0 aromatic heterocycles. The van der Waals surface area contributed by atoms with E-state index in [9.17, 15) is 4.39 Å². The first-order valence-electron chi connectivity index (χ1n) is 8.58. The van der Waals surface area contributed by atoms with E-state index in [1.807, 2.05) is 37.3 Å². The van der Waals surface area contributed by atoms with Gasteiger partial charge in [0.25, 0.3) is 0 Å². The van der Waals surface area contributed by atoms with Gasteiger partial charge in [0.05, 0.1) is 12.3 Å². The quantitative estimate of drug-likeness (QED) is 0.454. The van der Waals surface area contributed by atoms with Crippen molar-refractivity contribution < 1.29 is 13.9 Å². The molecule has 0 saturated carbocycles. The van der Waals surface area contributed by atoms with Gasteiger partial charge in [0.1, 0.15) is 23.9 Å². The molecule has 0 radical (unpaired) electrons. The Labute approximate surface area is 163 Å². The molecule has 3 rings (SSSR count). The van der Waals surface area contributed by atoms with Gasteiger partial charge in [-0.15, -0.1) is 0 Å². The molecule has 5 heteroatoms. The van der Waals surface area contributed by atoms with E-state index >= 15 is 0 Å². The molecule has 27 heavy (non-hydrogen) atoms. The lowest BCUT2D eigenvalue weighted by atomic mass is 10.2. The molecule has 0 aliphatic carbocycles. The Morgan fingerprint density at radius 3 is 2.56 bits per heavy atom. The maximum Gasteiger partial charge on any atom is 0.128 e. The van der Waals surface area contributed by atoms with Crippen LogP contribution < -0.4 is 9.47 Å². The number of hydrogen-bond donors (Lipinski definition) is 0. The average molecular weight is 384 g/mol. The van der Waals surface area contributed by atoms with Gasteiger partial charge in [-0.2, -0.15) is 0 Å². The van der Waals surface area contributed by atoms with Crippen molar-refractivity contribution in [2.45, 2.75) is 13.5 Å². The summed E-state index contributed by atoms with van der Waals surface area (Å²) in [6.07, 6.45) is 1.70. The molecule has 3 aromatic carbocycles. The second kappa shape index (κ2) is 9.19. The van der Waals surface area contributed by atoms with Gasteiger partial charge in [0, 0.05) is 16.8 Å². The van der Waals surface area contributed by atoms with E-state index in [0.717, 1.165) is 22.6 Å². The van der Waals surface area contributed by atoms with E-state index < -0.39 is 0 Å². The van der Waals surface area contributed by atoms with Crippen LogP contribution in [0.2, 0.25) is 5.02 Å². The summed E-state index contributed by atoms with van der Waals surface area (Å²) in [5.74, 6) is 1.14. The van der Waals surface area contributed by atoms with E-state index in [2.05, 4.69) is 4.99 Å². The van der Waals surface area contributed by atoms with E-state index in [1.165, 1.54) is 12.1 Å². The van der Waals surface area contributed by atoms with Crippen LogP contribution in [0.25, 0.3) is 0 Å². The van der Waals surface area contributed by atoms with Gasteiger partial charge in [-0.3, -0.25) is 4.99 Å². The molecule has 0 spiro atoms. The summed E-state index contributed by atoms with van der Waals surface area (Å²) in [5, 5.41) is 0.584. The molecule has 0 aliphatic heterocycles. The summed E-state index contributed by atoms with van der Waals surface area (Å²) in [7, 11) is 0. The van der Waals surface area contributed by atoms with Crippen molar-refractivity contribution in [1.82, 2.24) is 0 Å². The number of nitrogens with zero attached hydrogens (tertiary/aromatic N) is 1. The molecule has 0 saturated heterocycles. The highest BCUT2D eigenvalue weighted by Crippen LogP contribution is 2.24. The monoisotopic (exact) mass is 383 g/mol. The summed E-state index contributed by atoms with van der Waals surface area (Å²) in [6.45, 7) is 2.82. The Bertz CT molecular complexity index is 926. The van der Waals surface area contributed by atoms with Crippen LogP contribution in [-0.4, -0.2) is 12.8 Å². The number of hydrogen-bond acceptors (Lipinski definition) is 3. The zero-order valence-electron chi connectivity index (χ0n) is 14.9. The maximum atomic E-state index is 13.3. The van der Waals surface area contributed by atoms with Crippen LogP contribution in [0.5, 0.6) is 11.5 Å². The number of benzene rings is 3. The highest BCUT2D eigenvalue weighted by molar-refractivity contribution is 6.30. The Balaban J connectivity index is 1.75. The molecule has 3 aromatic rings. The fourth-order valence-electron chi connectivity index (χ4n) is 2.48. The molecule has 0 bridgehead atoms. The van der Waals surface area contributed by atoms with Gasteiger partial charge in [-0.1, -0.05) is 23.7 Å². The number of halogens is 2. The maximum absolute atomic E-state index is 13.3. The Morgan fingerprint density at radius 2 is 1.81 bits per heavy atom. The zero-order valence-corrected chi connectivity index (χ0v) is 15.6. The second-order valence-corrected chi connectivity index (χ2v) is 6.22. The molecule has 0 atom stereocenters. The van der Waals surface area contributed by atoms with Crippen molar-refractivity contribution in [3.63, 3.8) is 0 Å². The molecule has 0 unspecified atom stereocenters. The predicted octanol–water partition coefficient (Wildman–Crippen LogP) is 6.21. The van der Waals surface area contributed by atoms with E-state index in [-0.39, 0.29) is 12.4 Å². The molecular formula is C22H19ClFNO2. The minimum Gasteiger partial charge on any atom is -0.494 e. The smallest absolute Gasteiger partial charge is 0.128 e. The van der Waals surface area contributed by atoms with E-state index in [0.29, 0.717) is 17.4 Å². The molecule has 0 amide bonds. The van der Waals surface area contributed by atoms with Crippen molar-refractivity contribution in [2.75, 3.05) is 6.61 Å². The Kier molecular flexibility index (Phi) is 6.44. The van der Waals surface area contributed by atoms with Crippen molar-refractivity contribution in [1.29, 1.82) is 0 Å². The van der Waals surface area contributed by atoms with E-state index in [4.69, 9.17) is 21.1 Å². The Morgan fingerprint density at radius 1 is 1.00 bits per heavy atom. The van der Waals surface area contributed by atoms with Crippen molar-refractivity contribution in [3.05, 3.63) is 88.7 Å². The molecule has 138 valence electrons. The summed E-state index contributed by atoms with van der Waals surface area (Å²) >= 11 is 6.11. The van der Waals surface area contributed by atoms with Crippen LogP contribution in [0.15, 0.2) is 71.7 Å². The lowest BCUT2D eigenvalue weighted by Gasteiger charge is -2.10. The van der Waals surface area contributed by atoms with Gasteiger partial charge in [0.15, 0.2) is 0 Å². The van der Waals surface area contributed by atoms with Gasteiger partial charge in [0.2, 0.25) is 0 Å². The average Bonchev–Trinajstić information content (AvgIpc) is 2.67. The first-order valence-corrected chi connectivity index (χ1v) is 8.95. The third-order valence-corrected chi connectivity index (χ3v) is 3.99. The topological polar surface area (TPSA) is 30.8 Å². The Hall–Kier alpha value is -2.85. The first-order chi connectivity index (χ1) is 13.1. The molecular weight excluding hydrogens is 365 g/mol. The van der Waals surface area contributed by atoms with Gasteiger partial charge in [-0.05, 0) is 67.1 Å². The lowest BCUT2D eigenvalue weighted by Crippen LogP contribution is -1.99. The van der Waals surface area contributed by atoms with Crippen LogP contribution in [0.4, 0.5) is 10.1 Å². The van der Waals surface area contributed by atoms with Crippen molar-refractivity contribution in [2.24, 2.45) is 4.99 Å². The molecule has 0 N–H and O–H groups in total. The minimum absolute atomic E-state index is 0.253. The standard InChI is InChI=1S/C22H19ClFNO2/c1-2-26-21-9-7-20(8-10-21)25-14-17-13-18(23)6-11-22(17)27-15-16-4-3-5-19(24)12-16/h3-14H,2,15H2,1H3. The van der Waals surface area contributed by atoms with Crippen LogP contribution in [-0.2, 0) is 6.61 Å². The van der Waals surface area contributed by atoms with Crippen LogP contribution >= 0.6 is 11.6 Å². The van der Waals surface area contributed by atoms with Gasteiger partial charge in [-0.25, -0.2) is 4.39 Å². The van der Waals surface area contributed by atoms with Crippen LogP contribution in [0, 0.1) is 5.82 Å². The van der Waals surface area contributed by atoms with Crippen molar-refractivity contribution in [3.8, 4) is 11.5 Å². The third kappa shape index (κ3) is 5.56. The largest absolute Gasteiger partial charge is 0.494 e. The third-order valence-electron chi connectivity index (χ3n) is 3.76. The molecule has 0 heterocycles. The molecule has 0 aliphatic rings. The number of rotatable bonds is 7. The number of ether oxygens (including phenoxy) is 2. The summed E-state index contributed by atoms with van der Waals surface area (Å²) in [5.41, 5.74) is 2.28. The first kappa shape index (κ1) is 18.9. The summed E-state index contributed by atoms with van der Waals surface area (Å²) < 4.78 is 24.6. The normalized spacial score (nSPS) is 10.9. The van der Waals surface area contributed by atoms with E-state index in [1.54, 1.807) is 30.5 Å².